The van der Waals surface area contributed by atoms with Gasteiger partial charge in [0.15, 0.2) is 5.65 Å². The minimum Gasteiger partial charge on any atom is -0.395 e. The molecule has 0 saturated carbocycles. The second-order valence-corrected chi connectivity index (χ2v) is 4.97. The molecular formula is C14H22N4O3. The van der Waals surface area contributed by atoms with Crippen molar-refractivity contribution in [3.63, 3.8) is 0 Å². The highest BCUT2D eigenvalue weighted by molar-refractivity contribution is 5.71. The summed E-state index contributed by atoms with van der Waals surface area (Å²) in [4.78, 5) is 10.4. The monoisotopic (exact) mass is 294 g/mol. The number of hydrogen-bond donors (Lipinski definition) is 2. The van der Waals surface area contributed by atoms with Crippen molar-refractivity contribution in [1.29, 1.82) is 0 Å². The fourth-order valence-corrected chi connectivity index (χ4v) is 2.18. The van der Waals surface area contributed by atoms with Gasteiger partial charge in [-0.15, -0.1) is 0 Å². The molecule has 0 aromatic carbocycles. The minimum absolute atomic E-state index is 0.00262. The van der Waals surface area contributed by atoms with E-state index in [9.17, 15) is 5.11 Å². The van der Waals surface area contributed by atoms with Gasteiger partial charge in [-0.05, 0) is 19.5 Å². The number of aliphatic hydroxyl groups excluding tert-OH is 2. The number of aryl methyl sites for hydroxylation is 1. The summed E-state index contributed by atoms with van der Waals surface area (Å²) >= 11 is 0. The lowest BCUT2D eigenvalue weighted by Gasteiger charge is -2.22. The largest absolute Gasteiger partial charge is 0.395 e. The molecule has 0 aliphatic rings. The van der Waals surface area contributed by atoms with Crippen LogP contribution in [0.15, 0.2) is 18.6 Å². The average Bonchev–Trinajstić information content (AvgIpc) is 2.89. The van der Waals surface area contributed by atoms with Gasteiger partial charge in [-0.2, -0.15) is 0 Å². The van der Waals surface area contributed by atoms with Crippen LogP contribution in [-0.4, -0.2) is 63.6 Å². The van der Waals surface area contributed by atoms with Gasteiger partial charge in [0, 0.05) is 38.6 Å². The molecule has 7 heteroatoms. The molecular weight excluding hydrogens is 272 g/mol. The van der Waals surface area contributed by atoms with Gasteiger partial charge >= 0.3 is 0 Å². The maximum Gasteiger partial charge on any atom is 0.159 e. The average molecular weight is 294 g/mol. The smallest absolute Gasteiger partial charge is 0.159 e. The second kappa shape index (κ2) is 7.46. The van der Waals surface area contributed by atoms with Gasteiger partial charge in [0.05, 0.1) is 12.9 Å². The molecule has 2 N–H and O–H groups in total. The fourth-order valence-electron chi connectivity index (χ4n) is 2.18. The van der Waals surface area contributed by atoms with Crippen LogP contribution in [0.2, 0.25) is 0 Å². The normalized spacial score (nSPS) is 13.2. The summed E-state index contributed by atoms with van der Waals surface area (Å²) < 4.78 is 7.01. The van der Waals surface area contributed by atoms with E-state index in [-0.39, 0.29) is 6.61 Å². The molecule has 2 aromatic heterocycles. The maximum absolute atomic E-state index is 10.2. The van der Waals surface area contributed by atoms with Gasteiger partial charge in [-0.25, -0.2) is 9.97 Å². The Labute approximate surface area is 123 Å². The summed E-state index contributed by atoms with van der Waals surface area (Å²) in [6.07, 6.45) is 3.50. The lowest BCUT2D eigenvalue weighted by molar-refractivity contribution is 0.0110. The molecule has 0 bridgehead atoms. The van der Waals surface area contributed by atoms with E-state index in [1.807, 2.05) is 10.6 Å². The number of rotatable bonds is 8. The van der Waals surface area contributed by atoms with Gasteiger partial charge in [-0.3, -0.25) is 4.90 Å². The van der Waals surface area contributed by atoms with E-state index < -0.39 is 6.23 Å². The molecule has 2 aromatic rings. The Kier molecular flexibility index (Phi) is 5.63. The van der Waals surface area contributed by atoms with E-state index in [4.69, 9.17) is 9.84 Å². The summed E-state index contributed by atoms with van der Waals surface area (Å²) in [5, 5.41) is 19.1. The zero-order valence-corrected chi connectivity index (χ0v) is 12.4. The topological polar surface area (TPSA) is 83.6 Å². The van der Waals surface area contributed by atoms with Crippen molar-refractivity contribution in [2.24, 2.45) is 0 Å². The number of methoxy groups -OCH3 is 1. The Morgan fingerprint density at radius 1 is 1.43 bits per heavy atom. The highest BCUT2D eigenvalue weighted by atomic mass is 16.5. The van der Waals surface area contributed by atoms with Crippen LogP contribution in [0.4, 0.5) is 0 Å². The number of hydrogen-bond acceptors (Lipinski definition) is 6. The number of likely N-dealkylation sites (N-methyl/N-ethyl adjacent to an activating group) is 1. The number of aliphatic hydroxyl groups is 2. The predicted octanol–water partition coefficient (Wildman–Crippen LogP) is 0.383. The van der Waals surface area contributed by atoms with Gasteiger partial charge in [0.2, 0.25) is 0 Å². The van der Waals surface area contributed by atoms with Crippen LogP contribution in [0.5, 0.6) is 0 Å². The van der Waals surface area contributed by atoms with Crippen LogP contribution in [0.1, 0.15) is 18.2 Å². The number of fused-ring (bicyclic) bond motifs is 1. The molecule has 0 radical (unpaired) electrons. The number of ether oxygens (including phenoxy) is 1. The summed E-state index contributed by atoms with van der Waals surface area (Å²) in [5.41, 5.74) is 2.22. The highest BCUT2D eigenvalue weighted by Crippen LogP contribution is 2.19. The van der Waals surface area contributed by atoms with Crippen LogP contribution in [0.3, 0.4) is 0 Å². The van der Waals surface area contributed by atoms with E-state index in [2.05, 4.69) is 9.97 Å². The Hall–Kier alpha value is -1.54. The maximum atomic E-state index is 10.2. The van der Waals surface area contributed by atoms with Gasteiger partial charge < -0.3 is 19.5 Å². The van der Waals surface area contributed by atoms with E-state index in [0.717, 1.165) is 24.1 Å². The summed E-state index contributed by atoms with van der Waals surface area (Å²) in [6.45, 7) is 1.88. The third-order valence-electron chi connectivity index (χ3n) is 3.39. The zero-order chi connectivity index (χ0) is 15.2. The Morgan fingerprint density at radius 3 is 2.95 bits per heavy atom. The predicted molar refractivity (Wildman–Crippen MR) is 78.7 cm³/mol. The second-order valence-electron chi connectivity index (χ2n) is 4.97. The fraction of sp³-hybridized carbons (Fsp3) is 0.571. The molecule has 0 spiro atoms. The molecule has 116 valence electrons. The SMILES string of the molecule is COCCCn1cnc2cc(C(O)N(C)CCO)cnc21. The van der Waals surface area contributed by atoms with Gasteiger partial charge in [0.1, 0.15) is 11.7 Å². The standard InChI is InChI=1S/C14H22N4O3/c1-17(5-6-19)14(20)11-8-12-13(15-9-11)18(10-16-12)4-3-7-21-2/h8-10,14,19-20H,3-7H2,1-2H3. The van der Waals surface area contributed by atoms with Crippen LogP contribution >= 0.6 is 0 Å². The molecule has 0 aliphatic heterocycles. The molecule has 21 heavy (non-hydrogen) atoms. The molecule has 1 atom stereocenters. The molecule has 2 rings (SSSR count). The Morgan fingerprint density at radius 2 is 2.24 bits per heavy atom. The first-order chi connectivity index (χ1) is 10.2. The van der Waals surface area contributed by atoms with Crippen molar-refractivity contribution in [3.05, 3.63) is 24.2 Å². The highest BCUT2D eigenvalue weighted by Gasteiger charge is 2.15. The summed E-state index contributed by atoms with van der Waals surface area (Å²) in [6, 6.07) is 1.83. The molecule has 7 nitrogen and oxygen atoms in total. The zero-order valence-electron chi connectivity index (χ0n) is 12.4. The summed E-state index contributed by atoms with van der Waals surface area (Å²) in [5.74, 6) is 0. The molecule has 0 fully saturated rings. The lowest BCUT2D eigenvalue weighted by atomic mass is 10.2. The number of pyridine rings is 1. The van der Waals surface area contributed by atoms with E-state index in [0.29, 0.717) is 18.7 Å². The summed E-state index contributed by atoms with van der Waals surface area (Å²) in [7, 11) is 3.43. The first-order valence-corrected chi connectivity index (χ1v) is 6.96. The van der Waals surface area contributed by atoms with Crippen molar-refractivity contribution >= 4 is 11.2 Å². The van der Waals surface area contributed by atoms with E-state index in [1.54, 1.807) is 31.6 Å². The molecule has 0 aliphatic carbocycles. The van der Waals surface area contributed by atoms with Crippen molar-refractivity contribution in [1.82, 2.24) is 19.4 Å². The van der Waals surface area contributed by atoms with Crippen LogP contribution in [-0.2, 0) is 11.3 Å². The Bertz CT molecular complexity index is 572. The number of aromatic nitrogens is 3. The van der Waals surface area contributed by atoms with Gasteiger partial charge in [-0.1, -0.05) is 0 Å². The van der Waals surface area contributed by atoms with Gasteiger partial charge in [0.25, 0.3) is 0 Å². The third-order valence-corrected chi connectivity index (χ3v) is 3.39. The van der Waals surface area contributed by atoms with Crippen molar-refractivity contribution in [3.8, 4) is 0 Å². The lowest BCUT2D eigenvalue weighted by Crippen LogP contribution is -2.27. The minimum atomic E-state index is -0.798. The molecule has 1 unspecified atom stereocenters. The quantitative estimate of drug-likeness (QED) is 0.541. The first-order valence-electron chi connectivity index (χ1n) is 6.96. The van der Waals surface area contributed by atoms with Crippen LogP contribution < -0.4 is 0 Å². The number of nitrogens with zero attached hydrogens (tertiary/aromatic N) is 4. The van der Waals surface area contributed by atoms with Crippen LogP contribution in [0.25, 0.3) is 11.2 Å². The molecule has 0 saturated heterocycles. The third kappa shape index (κ3) is 3.76. The van der Waals surface area contributed by atoms with Crippen molar-refractivity contribution < 1.29 is 14.9 Å². The van der Waals surface area contributed by atoms with Crippen molar-refractivity contribution in [2.75, 3.05) is 33.9 Å². The van der Waals surface area contributed by atoms with Crippen LogP contribution in [0, 0.1) is 0 Å². The van der Waals surface area contributed by atoms with Crippen molar-refractivity contribution in [2.45, 2.75) is 19.2 Å². The first kappa shape index (κ1) is 15.8. The number of imidazole rings is 1. The Balaban J connectivity index is 2.15. The van der Waals surface area contributed by atoms with E-state index >= 15 is 0 Å². The molecule has 0 amide bonds. The van der Waals surface area contributed by atoms with E-state index in [1.165, 1.54) is 0 Å². The molecule has 2 heterocycles.